The van der Waals surface area contributed by atoms with Crippen LogP contribution >= 0.6 is 0 Å². The van der Waals surface area contributed by atoms with Crippen LogP contribution < -0.4 is 0 Å². The molecule has 0 atom stereocenters. The summed E-state index contributed by atoms with van der Waals surface area (Å²) in [5, 5.41) is 10.0. The summed E-state index contributed by atoms with van der Waals surface area (Å²) in [6.45, 7) is 0. The molecule has 1 aromatic carbocycles. The number of para-hydroxylation sites is 1. The molecule has 1 rings (SSSR count). The Labute approximate surface area is 68.7 Å². The van der Waals surface area contributed by atoms with Gasteiger partial charge in [-0.2, -0.15) is 0 Å². The zero-order valence-corrected chi connectivity index (χ0v) is 6.11. The van der Waals surface area contributed by atoms with E-state index >= 15 is 0 Å². The smallest absolute Gasteiger partial charge is 0.258 e. The topological polar surface area (TPSA) is 43.1 Å². The van der Waals surface area contributed by atoms with E-state index in [9.17, 15) is 10.1 Å². The number of rotatable bonds is 1. The Morgan fingerprint density at radius 2 is 1.70 bits per heavy atom. The maximum absolute atomic E-state index is 10.0. The van der Waals surface area contributed by atoms with Gasteiger partial charge in [0.1, 0.15) is 0 Å². The van der Waals surface area contributed by atoms with Gasteiger partial charge in [-0.1, -0.05) is 18.2 Å². The van der Waals surface area contributed by atoms with E-state index in [1.165, 1.54) is 12.1 Å². The maximum Gasteiger partial charge on any atom is 0.269 e. The van der Waals surface area contributed by atoms with Crippen molar-refractivity contribution in [2.24, 2.45) is 0 Å². The minimum absolute atomic E-state index is 0. The van der Waals surface area contributed by atoms with Crippen LogP contribution in [0.2, 0.25) is 0 Å². The van der Waals surface area contributed by atoms with E-state index in [0.717, 1.165) is 0 Å². The normalized spacial score (nSPS) is 8.00. The van der Waals surface area contributed by atoms with Gasteiger partial charge in [0, 0.05) is 29.2 Å². The van der Waals surface area contributed by atoms with Crippen LogP contribution in [0.5, 0.6) is 0 Å². The Hall–Kier alpha value is -0.861. The van der Waals surface area contributed by atoms with E-state index in [0.29, 0.717) is 0 Å². The third-order valence-electron chi connectivity index (χ3n) is 0.967. The molecule has 0 radical (unpaired) electrons. The second kappa shape index (κ2) is 4.04. The van der Waals surface area contributed by atoms with Crippen molar-refractivity contribution in [3.8, 4) is 0 Å². The van der Waals surface area contributed by atoms with E-state index in [4.69, 9.17) is 0 Å². The van der Waals surface area contributed by atoms with Crippen molar-refractivity contribution in [2.45, 2.75) is 0 Å². The van der Waals surface area contributed by atoms with E-state index in [1.807, 2.05) is 0 Å². The minimum Gasteiger partial charge on any atom is -0.258 e. The molecule has 3 nitrogen and oxygen atoms in total. The molecule has 4 heteroatoms. The van der Waals surface area contributed by atoms with Gasteiger partial charge in [-0.15, -0.1) is 0 Å². The van der Waals surface area contributed by atoms with Crippen LogP contribution in [-0.4, -0.2) is 4.92 Å². The fraction of sp³-hybridized carbons (Fsp3) is 0. The summed E-state index contributed by atoms with van der Waals surface area (Å²) >= 11 is 0. The maximum atomic E-state index is 10.0. The summed E-state index contributed by atoms with van der Waals surface area (Å²) in [6, 6.07) is 7.93. The predicted octanol–water partition coefficient (Wildman–Crippen LogP) is 1.59. The van der Waals surface area contributed by atoms with Crippen molar-refractivity contribution in [3.05, 3.63) is 40.4 Å². The van der Waals surface area contributed by atoms with E-state index in [1.54, 1.807) is 18.2 Å². The molecule has 0 bridgehead atoms. The van der Waals surface area contributed by atoms with Crippen molar-refractivity contribution in [1.29, 1.82) is 0 Å². The molecule has 0 saturated carbocycles. The molecule has 0 aliphatic carbocycles. The predicted molar refractivity (Wildman–Crippen MR) is 33.1 cm³/mol. The first-order chi connectivity index (χ1) is 4.30. The molecule has 0 N–H and O–H groups in total. The van der Waals surface area contributed by atoms with Crippen LogP contribution in [0.4, 0.5) is 5.69 Å². The van der Waals surface area contributed by atoms with E-state index < -0.39 is 4.92 Å². The van der Waals surface area contributed by atoms with Gasteiger partial charge in [-0.05, 0) is 0 Å². The van der Waals surface area contributed by atoms with Crippen molar-refractivity contribution < 1.29 is 22.0 Å². The molecule has 0 amide bonds. The van der Waals surface area contributed by atoms with Gasteiger partial charge in [0.2, 0.25) is 0 Å². The van der Waals surface area contributed by atoms with Gasteiger partial charge in [-0.3, -0.25) is 10.1 Å². The number of nitro groups is 1. The molecule has 0 aliphatic heterocycles. The number of hydrogen-bond donors (Lipinski definition) is 0. The molecule has 0 saturated heterocycles. The standard InChI is InChI=1S/C6H5NO2.Fe/c8-7(9)6-4-2-1-3-5-6;/h1-5H;. The Balaban J connectivity index is 0.000000810. The first-order valence-corrected chi connectivity index (χ1v) is 2.50. The number of non-ortho nitro benzene ring substituents is 1. The molecule has 0 heterocycles. The zero-order chi connectivity index (χ0) is 6.69. The molecule has 10 heavy (non-hydrogen) atoms. The number of hydrogen-bond acceptors (Lipinski definition) is 2. The second-order valence-electron chi connectivity index (χ2n) is 1.59. The van der Waals surface area contributed by atoms with Crippen LogP contribution in [-0.2, 0) is 17.1 Å². The number of benzene rings is 1. The van der Waals surface area contributed by atoms with Crippen molar-refractivity contribution in [1.82, 2.24) is 0 Å². The summed E-state index contributed by atoms with van der Waals surface area (Å²) in [6.07, 6.45) is 0. The number of nitrogens with zero attached hydrogens (tertiary/aromatic N) is 1. The molecule has 54 valence electrons. The van der Waals surface area contributed by atoms with Gasteiger partial charge in [0.25, 0.3) is 5.69 Å². The van der Waals surface area contributed by atoms with Gasteiger partial charge in [-0.25, -0.2) is 0 Å². The summed E-state index contributed by atoms with van der Waals surface area (Å²) in [5.41, 5.74) is 0.137. The van der Waals surface area contributed by atoms with E-state index in [2.05, 4.69) is 0 Å². The molecule has 0 spiro atoms. The molecule has 0 aromatic heterocycles. The van der Waals surface area contributed by atoms with Gasteiger partial charge in [0.05, 0.1) is 4.92 Å². The molecular weight excluding hydrogens is 174 g/mol. The molecule has 0 unspecified atom stereocenters. The van der Waals surface area contributed by atoms with Crippen molar-refractivity contribution in [3.63, 3.8) is 0 Å². The Bertz CT molecular complexity index is 212. The molecular formula is C6H5FeNO2. The largest absolute Gasteiger partial charge is 0.269 e. The average molecular weight is 179 g/mol. The molecule has 0 fully saturated rings. The third kappa shape index (κ3) is 2.17. The summed E-state index contributed by atoms with van der Waals surface area (Å²) < 4.78 is 0. The second-order valence-corrected chi connectivity index (χ2v) is 1.59. The number of nitro benzene ring substituents is 1. The van der Waals surface area contributed by atoms with Gasteiger partial charge >= 0.3 is 0 Å². The van der Waals surface area contributed by atoms with E-state index in [-0.39, 0.29) is 22.8 Å². The molecule has 1 aromatic rings. The summed E-state index contributed by atoms with van der Waals surface area (Å²) in [5.74, 6) is 0. The van der Waals surface area contributed by atoms with Gasteiger partial charge < -0.3 is 0 Å². The Kier molecular flexibility index (Phi) is 3.69. The summed E-state index contributed by atoms with van der Waals surface area (Å²) in [7, 11) is 0. The van der Waals surface area contributed by atoms with Crippen molar-refractivity contribution in [2.75, 3.05) is 0 Å². The van der Waals surface area contributed by atoms with Crippen LogP contribution in [0.15, 0.2) is 30.3 Å². The Morgan fingerprint density at radius 3 is 2.00 bits per heavy atom. The third-order valence-corrected chi connectivity index (χ3v) is 0.967. The van der Waals surface area contributed by atoms with Crippen LogP contribution in [0.25, 0.3) is 0 Å². The summed E-state index contributed by atoms with van der Waals surface area (Å²) in [4.78, 5) is 9.59. The minimum atomic E-state index is -0.417. The first-order valence-electron chi connectivity index (χ1n) is 2.50. The average Bonchev–Trinajstić information content (AvgIpc) is 1.90. The zero-order valence-electron chi connectivity index (χ0n) is 5.00. The Morgan fingerprint density at radius 1 is 1.20 bits per heavy atom. The fourth-order valence-electron chi connectivity index (χ4n) is 0.550. The van der Waals surface area contributed by atoms with Crippen LogP contribution in [0, 0.1) is 10.1 Å². The van der Waals surface area contributed by atoms with Crippen LogP contribution in [0.1, 0.15) is 0 Å². The quantitative estimate of drug-likeness (QED) is 0.373. The monoisotopic (exact) mass is 179 g/mol. The fourth-order valence-corrected chi connectivity index (χ4v) is 0.550. The first kappa shape index (κ1) is 9.14. The van der Waals surface area contributed by atoms with Crippen LogP contribution in [0.3, 0.4) is 0 Å². The van der Waals surface area contributed by atoms with Gasteiger partial charge in [0.15, 0.2) is 0 Å². The van der Waals surface area contributed by atoms with Crippen molar-refractivity contribution >= 4 is 5.69 Å². The molecule has 0 aliphatic rings. The SMILES string of the molecule is O=[N+]([O-])c1ccccc1.[Fe].